The molecule has 1 saturated heterocycles. The zero-order valence-corrected chi connectivity index (χ0v) is 13.7. The molecule has 0 N–H and O–H groups in total. The summed E-state index contributed by atoms with van der Waals surface area (Å²) in [5.41, 5.74) is 5.23. The van der Waals surface area contributed by atoms with Crippen LogP contribution in [0.1, 0.15) is 15.9 Å². The number of ether oxygens (including phenoxy) is 1. The van der Waals surface area contributed by atoms with Gasteiger partial charge in [0.15, 0.2) is 0 Å². The molecule has 0 amide bonds. The summed E-state index contributed by atoms with van der Waals surface area (Å²) in [6.45, 7) is 5.32. The van der Waals surface area contributed by atoms with Crippen LogP contribution in [0.5, 0.6) is 0 Å². The highest BCUT2D eigenvalue weighted by Gasteiger charge is 2.18. The van der Waals surface area contributed by atoms with E-state index < -0.39 is 0 Å². The number of para-hydroxylation sites is 1. The summed E-state index contributed by atoms with van der Waals surface area (Å²) in [6.07, 6.45) is 0.901. The Hall–Kier alpha value is -2.33. The first kappa shape index (κ1) is 15.6. The Morgan fingerprint density at radius 2 is 1.83 bits per heavy atom. The minimum atomic E-state index is 0.692. The molecule has 0 unspecified atom stereocenters. The number of anilines is 3. The molecule has 2 aromatic carbocycles. The Morgan fingerprint density at radius 3 is 2.52 bits per heavy atom. The second kappa shape index (κ2) is 6.84. The molecular weight excluding hydrogens is 288 g/mol. The number of benzene rings is 2. The predicted octanol–water partition coefficient (Wildman–Crippen LogP) is 3.41. The molecule has 1 aliphatic heterocycles. The van der Waals surface area contributed by atoms with Crippen LogP contribution in [-0.4, -0.2) is 39.6 Å². The molecule has 0 aliphatic carbocycles. The molecule has 3 rings (SSSR count). The summed E-state index contributed by atoms with van der Waals surface area (Å²) in [5, 5.41) is 0. The molecule has 4 heteroatoms. The van der Waals surface area contributed by atoms with Gasteiger partial charge in [-0.3, -0.25) is 4.79 Å². The SMILES string of the molecule is Cc1ccccc1N(C)c1cc(C=O)ccc1N1CCOCC1. The molecule has 0 radical (unpaired) electrons. The number of rotatable bonds is 4. The lowest BCUT2D eigenvalue weighted by atomic mass is 10.1. The van der Waals surface area contributed by atoms with Crippen LogP contribution in [0.2, 0.25) is 0 Å². The molecule has 1 heterocycles. The van der Waals surface area contributed by atoms with Gasteiger partial charge in [0.05, 0.1) is 24.6 Å². The average molecular weight is 310 g/mol. The van der Waals surface area contributed by atoms with Gasteiger partial charge in [0.2, 0.25) is 0 Å². The number of aryl methyl sites for hydroxylation is 1. The number of nitrogens with zero attached hydrogens (tertiary/aromatic N) is 2. The molecule has 0 spiro atoms. The van der Waals surface area contributed by atoms with Gasteiger partial charge < -0.3 is 14.5 Å². The second-order valence-corrected chi connectivity index (χ2v) is 5.81. The van der Waals surface area contributed by atoms with Crippen LogP contribution in [0.4, 0.5) is 17.1 Å². The van der Waals surface area contributed by atoms with E-state index in [1.54, 1.807) is 0 Å². The molecule has 4 nitrogen and oxygen atoms in total. The molecular formula is C19H22N2O2. The number of morpholine rings is 1. The van der Waals surface area contributed by atoms with Crippen LogP contribution in [0.3, 0.4) is 0 Å². The summed E-state index contributed by atoms with van der Waals surface area (Å²) in [5.74, 6) is 0. The zero-order valence-electron chi connectivity index (χ0n) is 13.7. The molecule has 0 aromatic heterocycles. The zero-order chi connectivity index (χ0) is 16.2. The highest BCUT2D eigenvalue weighted by atomic mass is 16.5. The van der Waals surface area contributed by atoms with Gasteiger partial charge in [0.25, 0.3) is 0 Å². The second-order valence-electron chi connectivity index (χ2n) is 5.81. The molecule has 1 fully saturated rings. The normalized spacial score (nSPS) is 14.6. The van der Waals surface area contributed by atoms with E-state index in [0.717, 1.165) is 49.7 Å². The highest BCUT2D eigenvalue weighted by Crippen LogP contribution is 2.35. The van der Waals surface area contributed by atoms with Crippen molar-refractivity contribution in [1.29, 1.82) is 0 Å². The maximum Gasteiger partial charge on any atom is 0.150 e. The van der Waals surface area contributed by atoms with Crippen LogP contribution in [0.15, 0.2) is 42.5 Å². The van der Waals surface area contributed by atoms with E-state index in [1.165, 1.54) is 5.56 Å². The van der Waals surface area contributed by atoms with Gasteiger partial charge in [-0.1, -0.05) is 18.2 Å². The van der Waals surface area contributed by atoms with Gasteiger partial charge in [-0.15, -0.1) is 0 Å². The maximum absolute atomic E-state index is 11.2. The van der Waals surface area contributed by atoms with Crippen LogP contribution < -0.4 is 9.80 Å². The van der Waals surface area contributed by atoms with Crippen molar-refractivity contribution in [2.45, 2.75) is 6.92 Å². The van der Waals surface area contributed by atoms with Gasteiger partial charge in [-0.25, -0.2) is 0 Å². The van der Waals surface area contributed by atoms with E-state index in [0.29, 0.717) is 5.56 Å². The lowest BCUT2D eigenvalue weighted by Gasteiger charge is -2.33. The number of hydrogen-bond donors (Lipinski definition) is 0. The summed E-state index contributed by atoms with van der Waals surface area (Å²) < 4.78 is 5.46. The van der Waals surface area contributed by atoms with Gasteiger partial charge in [-0.2, -0.15) is 0 Å². The minimum absolute atomic E-state index is 0.692. The Bertz CT molecular complexity index is 694. The van der Waals surface area contributed by atoms with Crippen molar-refractivity contribution < 1.29 is 9.53 Å². The van der Waals surface area contributed by atoms with Gasteiger partial charge in [0.1, 0.15) is 6.29 Å². The fraction of sp³-hybridized carbons (Fsp3) is 0.316. The number of aldehydes is 1. The largest absolute Gasteiger partial charge is 0.378 e. The van der Waals surface area contributed by atoms with Gasteiger partial charge in [-0.05, 0) is 36.8 Å². The first-order chi connectivity index (χ1) is 11.2. The lowest BCUT2D eigenvalue weighted by Crippen LogP contribution is -2.37. The van der Waals surface area contributed by atoms with E-state index in [4.69, 9.17) is 4.74 Å². The molecule has 0 bridgehead atoms. The predicted molar refractivity (Wildman–Crippen MR) is 94.1 cm³/mol. The molecule has 1 aliphatic rings. The first-order valence-electron chi connectivity index (χ1n) is 7.92. The molecule has 120 valence electrons. The Morgan fingerprint density at radius 1 is 1.09 bits per heavy atom. The average Bonchev–Trinajstić information content (AvgIpc) is 2.62. The summed E-state index contributed by atoms with van der Waals surface area (Å²) in [7, 11) is 2.05. The number of carbonyl (C=O) groups is 1. The van der Waals surface area contributed by atoms with E-state index in [-0.39, 0.29) is 0 Å². The fourth-order valence-electron chi connectivity index (χ4n) is 3.02. The highest BCUT2D eigenvalue weighted by molar-refractivity contribution is 5.85. The van der Waals surface area contributed by atoms with E-state index >= 15 is 0 Å². The van der Waals surface area contributed by atoms with Crippen LogP contribution in [-0.2, 0) is 4.74 Å². The van der Waals surface area contributed by atoms with Crippen molar-refractivity contribution >= 4 is 23.3 Å². The summed E-state index contributed by atoms with van der Waals surface area (Å²) in [4.78, 5) is 15.7. The van der Waals surface area contributed by atoms with Crippen LogP contribution in [0.25, 0.3) is 0 Å². The maximum atomic E-state index is 11.2. The third-order valence-corrected chi connectivity index (χ3v) is 4.33. The van der Waals surface area contributed by atoms with E-state index in [1.807, 2.05) is 30.3 Å². The summed E-state index contributed by atoms with van der Waals surface area (Å²) in [6, 6.07) is 14.2. The number of carbonyl (C=O) groups excluding carboxylic acids is 1. The molecule has 2 aromatic rings. The quantitative estimate of drug-likeness (QED) is 0.810. The van der Waals surface area contributed by atoms with Crippen molar-refractivity contribution in [3.05, 3.63) is 53.6 Å². The smallest absolute Gasteiger partial charge is 0.150 e. The number of hydrogen-bond acceptors (Lipinski definition) is 4. The lowest BCUT2D eigenvalue weighted by molar-refractivity contribution is 0.112. The van der Waals surface area contributed by atoms with Crippen molar-refractivity contribution in [3.63, 3.8) is 0 Å². The minimum Gasteiger partial charge on any atom is -0.378 e. The summed E-state index contributed by atoms with van der Waals surface area (Å²) >= 11 is 0. The van der Waals surface area contributed by atoms with Crippen molar-refractivity contribution in [2.75, 3.05) is 43.2 Å². The monoisotopic (exact) mass is 310 g/mol. The van der Waals surface area contributed by atoms with Gasteiger partial charge >= 0.3 is 0 Å². The first-order valence-corrected chi connectivity index (χ1v) is 7.92. The van der Waals surface area contributed by atoms with Crippen LogP contribution in [0, 0.1) is 6.92 Å². The van der Waals surface area contributed by atoms with E-state index in [2.05, 4.69) is 35.9 Å². The Kier molecular flexibility index (Phi) is 4.63. The third-order valence-electron chi connectivity index (χ3n) is 4.33. The standard InChI is InChI=1S/C19H22N2O2/c1-15-5-3-4-6-17(15)20(2)19-13-16(14-22)7-8-18(19)21-9-11-23-12-10-21/h3-8,13-14H,9-12H2,1-2H3. The topological polar surface area (TPSA) is 32.8 Å². The van der Waals surface area contributed by atoms with Gasteiger partial charge in [0, 0.05) is 31.4 Å². The fourth-order valence-corrected chi connectivity index (χ4v) is 3.02. The molecule has 23 heavy (non-hydrogen) atoms. The van der Waals surface area contributed by atoms with Crippen molar-refractivity contribution in [2.24, 2.45) is 0 Å². The Labute approximate surface area is 137 Å². The van der Waals surface area contributed by atoms with Crippen molar-refractivity contribution in [3.8, 4) is 0 Å². The van der Waals surface area contributed by atoms with E-state index in [9.17, 15) is 4.79 Å². The Balaban J connectivity index is 2.04. The molecule has 0 saturated carbocycles. The third kappa shape index (κ3) is 3.22. The van der Waals surface area contributed by atoms with Crippen LogP contribution >= 0.6 is 0 Å². The molecule has 0 atom stereocenters. The van der Waals surface area contributed by atoms with Crippen molar-refractivity contribution in [1.82, 2.24) is 0 Å².